The Balaban J connectivity index is 1.91. The first-order valence-corrected chi connectivity index (χ1v) is 8.18. The van der Waals surface area contributed by atoms with Crippen molar-refractivity contribution in [2.45, 2.75) is 31.3 Å². The molecule has 0 radical (unpaired) electrons. The second-order valence-corrected chi connectivity index (χ2v) is 7.26. The van der Waals surface area contributed by atoms with Crippen molar-refractivity contribution < 1.29 is 18.3 Å². The van der Waals surface area contributed by atoms with Crippen LogP contribution in [0.15, 0.2) is 0 Å². The topological polar surface area (TPSA) is 86.7 Å². The lowest BCUT2D eigenvalue weighted by Gasteiger charge is -2.28. The molecule has 2 atom stereocenters. The molecule has 1 amide bonds. The Labute approximate surface area is 107 Å². The Hall–Kier alpha value is -0.660. The van der Waals surface area contributed by atoms with Crippen LogP contribution < -0.4 is 5.32 Å². The van der Waals surface area contributed by atoms with Crippen LogP contribution in [-0.4, -0.2) is 67.6 Å². The van der Waals surface area contributed by atoms with Gasteiger partial charge in [-0.25, -0.2) is 8.42 Å². The van der Waals surface area contributed by atoms with Gasteiger partial charge in [-0.15, -0.1) is 0 Å². The molecular formula is C11H20N2O4S. The zero-order valence-corrected chi connectivity index (χ0v) is 11.2. The second kappa shape index (κ2) is 5.54. The fraction of sp³-hybridized carbons (Fsp3) is 0.909. The van der Waals surface area contributed by atoms with Crippen LogP contribution in [0.3, 0.4) is 0 Å². The molecule has 7 heteroatoms. The minimum absolute atomic E-state index is 0.0118. The number of likely N-dealkylation sites (tertiary alicyclic amines) is 1. The molecule has 2 heterocycles. The summed E-state index contributed by atoms with van der Waals surface area (Å²) in [5, 5.41) is 12.2. The van der Waals surface area contributed by atoms with Crippen molar-refractivity contribution in [3.8, 4) is 0 Å². The largest absolute Gasteiger partial charge is 0.394 e. The van der Waals surface area contributed by atoms with Crippen LogP contribution in [-0.2, 0) is 14.6 Å². The molecule has 0 saturated carbocycles. The van der Waals surface area contributed by atoms with E-state index in [0.717, 1.165) is 12.8 Å². The van der Waals surface area contributed by atoms with Crippen LogP contribution in [0.2, 0.25) is 0 Å². The summed E-state index contributed by atoms with van der Waals surface area (Å²) >= 11 is 0. The average Bonchev–Trinajstić information content (AvgIpc) is 2.75. The molecule has 0 spiro atoms. The van der Waals surface area contributed by atoms with Crippen LogP contribution in [0.4, 0.5) is 0 Å². The van der Waals surface area contributed by atoms with E-state index in [1.54, 1.807) is 4.90 Å². The number of rotatable bonds is 3. The first-order valence-electron chi connectivity index (χ1n) is 6.36. The number of sulfone groups is 1. The highest BCUT2D eigenvalue weighted by atomic mass is 32.2. The van der Waals surface area contributed by atoms with Gasteiger partial charge < -0.3 is 15.3 Å². The number of aliphatic hydroxyl groups is 1. The van der Waals surface area contributed by atoms with Gasteiger partial charge in [-0.05, 0) is 12.8 Å². The van der Waals surface area contributed by atoms with Crippen molar-refractivity contribution in [3.05, 3.63) is 0 Å². The van der Waals surface area contributed by atoms with E-state index in [4.69, 9.17) is 5.11 Å². The van der Waals surface area contributed by atoms with Crippen molar-refractivity contribution >= 4 is 15.7 Å². The predicted octanol–water partition coefficient (Wildman–Crippen LogP) is -1.25. The summed E-state index contributed by atoms with van der Waals surface area (Å²) in [6, 6.07) is -0.367. The number of carbonyl (C=O) groups excluding carboxylic acids is 1. The standard InChI is InChI=1S/C11H20N2O4S/c14-7-10-2-1-4-13(10)11(15)6-9-8-18(16,17)5-3-12-9/h9-10,12,14H,1-8H2. The Morgan fingerprint density at radius 3 is 2.89 bits per heavy atom. The summed E-state index contributed by atoms with van der Waals surface area (Å²) in [6.07, 6.45) is 1.95. The lowest BCUT2D eigenvalue weighted by Crippen LogP contribution is -2.48. The van der Waals surface area contributed by atoms with E-state index in [1.807, 2.05) is 0 Å². The van der Waals surface area contributed by atoms with Gasteiger partial charge in [0.15, 0.2) is 9.84 Å². The minimum atomic E-state index is -3.00. The van der Waals surface area contributed by atoms with Gasteiger partial charge in [-0.2, -0.15) is 0 Å². The summed E-state index contributed by atoms with van der Waals surface area (Å²) in [5.74, 6) is 0.137. The Morgan fingerprint density at radius 1 is 1.44 bits per heavy atom. The van der Waals surface area contributed by atoms with Crippen molar-refractivity contribution in [3.63, 3.8) is 0 Å². The van der Waals surface area contributed by atoms with E-state index in [0.29, 0.717) is 13.1 Å². The molecular weight excluding hydrogens is 256 g/mol. The predicted molar refractivity (Wildman–Crippen MR) is 66.9 cm³/mol. The molecule has 6 nitrogen and oxygen atoms in total. The quantitative estimate of drug-likeness (QED) is 0.672. The number of aliphatic hydroxyl groups excluding tert-OH is 1. The number of nitrogens with one attached hydrogen (secondary N) is 1. The van der Waals surface area contributed by atoms with Gasteiger partial charge in [0.05, 0.1) is 24.2 Å². The van der Waals surface area contributed by atoms with E-state index < -0.39 is 9.84 Å². The Bertz CT molecular complexity index is 409. The normalized spacial score (nSPS) is 31.5. The molecule has 0 aliphatic carbocycles. The molecule has 2 N–H and O–H groups in total. The molecule has 0 aromatic carbocycles. The van der Waals surface area contributed by atoms with E-state index >= 15 is 0 Å². The van der Waals surface area contributed by atoms with Crippen molar-refractivity contribution in [2.24, 2.45) is 0 Å². The van der Waals surface area contributed by atoms with E-state index in [9.17, 15) is 13.2 Å². The molecule has 2 unspecified atom stereocenters. The maximum atomic E-state index is 12.1. The number of amides is 1. The summed E-state index contributed by atoms with van der Waals surface area (Å²) in [5.41, 5.74) is 0. The van der Waals surface area contributed by atoms with Crippen molar-refractivity contribution in [1.29, 1.82) is 0 Å². The van der Waals surface area contributed by atoms with E-state index in [1.165, 1.54) is 0 Å². The SMILES string of the molecule is O=C(CC1CS(=O)(=O)CCN1)N1CCCC1CO. The highest BCUT2D eigenvalue weighted by Crippen LogP contribution is 2.18. The summed E-state index contributed by atoms with van der Waals surface area (Å²) in [6.45, 7) is 1.08. The Morgan fingerprint density at radius 2 is 2.22 bits per heavy atom. The van der Waals surface area contributed by atoms with E-state index in [-0.39, 0.29) is 42.5 Å². The van der Waals surface area contributed by atoms with Crippen molar-refractivity contribution in [1.82, 2.24) is 10.2 Å². The van der Waals surface area contributed by atoms with Crippen LogP contribution in [0.5, 0.6) is 0 Å². The molecule has 2 saturated heterocycles. The first kappa shape index (κ1) is 13.8. The third kappa shape index (κ3) is 3.21. The van der Waals surface area contributed by atoms with Crippen LogP contribution in [0, 0.1) is 0 Å². The van der Waals surface area contributed by atoms with Crippen LogP contribution >= 0.6 is 0 Å². The van der Waals surface area contributed by atoms with Gasteiger partial charge in [0.1, 0.15) is 0 Å². The summed E-state index contributed by atoms with van der Waals surface area (Å²) in [7, 11) is -3.00. The lowest BCUT2D eigenvalue weighted by atomic mass is 10.2. The number of carbonyl (C=O) groups is 1. The maximum absolute atomic E-state index is 12.1. The molecule has 2 rings (SSSR count). The minimum Gasteiger partial charge on any atom is -0.394 e. The van der Waals surface area contributed by atoms with Crippen LogP contribution in [0.25, 0.3) is 0 Å². The molecule has 2 aliphatic heterocycles. The third-order valence-electron chi connectivity index (χ3n) is 3.63. The van der Waals surface area contributed by atoms with Gasteiger partial charge >= 0.3 is 0 Å². The number of hydrogen-bond donors (Lipinski definition) is 2. The number of hydrogen-bond acceptors (Lipinski definition) is 5. The van der Waals surface area contributed by atoms with Crippen molar-refractivity contribution in [2.75, 3.05) is 31.2 Å². The van der Waals surface area contributed by atoms with Gasteiger partial charge in [-0.3, -0.25) is 4.79 Å². The van der Waals surface area contributed by atoms with Gasteiger partial charge in [0, 0.05) is 25.6 Å². The summed E-state index contributed by atoms with van der Waals surface area (Å²) < 4.78 is 23.0. The molecule has 18 heavy (non-hydrogen) atoms. The fourth-order valence-corrected chi connectivity index (χ4v) is 4.12. The second-order valence-electron chi connectivity index (χ2n) is 5.04. The molecule has 0 aromatic rings. The average molecular weight is 276 g/mol. The zero-order valence-electron chi connectivity index (χ0n) is 10.3. The van der Waals surface area contributed by atoms with Gasteiger partial charge in [-0.1, -0.05) is 0 Å². The summed E-state index contributed by atoms with van der Waals surface area (Å²) in [4.78, 5) is 13.8. The van der Waals surface area contributed by atoms with Gasteiger partial charge in [0.25, 0.3) is 0 Å². The Kier molecular flexibility index (Phi) is 4.24. The fourth-order valence-electron chi connectivity index (χ4n) is 2.68. The first-order chi connectivity index (χ1) is 8.52. The van der Waals surface area contributed by atoms with Crippen LogP contribution in [0.1, 0.15) is 19.3 Å². The smallest absolute Gasteiger partial charge is 0.224 e. The van der Waals surface area contributed by atoms with E-state index in [2.05, 4.69) is 5.32 Å². The third-order valence-corrected chi connectivity index (χ3v) is 5.37. The molecule has 2 fully saturated rings. The number of nitrogens with zero attached hydrogens (tertiary/aromatic N) is 1. The maximum Gasteiger partial charge on any atom is 0.224 e. The van der Waals surface area contributed by atoms with Gasteiger partial charge in [0.2, 0.25) is 5.91 Å². The highest BCUT2D eigenvalue weighted by Gasteiger charge is 2.32. The molecule has 0 aromatic heterocycles. The lowest BCUT2D eigenvalue weighted by molar-refractivity contribution is -0.133. The molecule has 104 valence electrons. The zero-order chi connectivity index (χ0) is 13.2. The molecule has 0 bridgehead atoms. The molecule has 2 aliphatic rings. The monoisotopic (exact) mass is 276 g/mol. The highest BCUT2D eigenvalue weighted by molar-refractivity contribution is 7.91.